The number of carbonyl (C=O) groups is 1. The molecular formula is C15H21N3O4. The Labute approximate surface area is 129 Å². The van der Waals surface area contributed by atoms with Crippen molar-refractivity contribution in [2.24, 2.45) is 5.92 Å². The molecule has 1 fully saturated rings. The summed E-state index contributed by atoms with van der Waals surface area (Å²) in [5.41, 5.74) is 0.135. The van der Waals surface area contributed by atoms with E-state index in [0.29, 0.717) is 18.9 Å². The Morgan fingerprint density at radius 2 is 2.05 bits per heavy atom. The molecule has 0 aromatic heterocycles. The number of aliphatic hydroxyl groups excluding tert-OH is 1. The third-order valence-electron chi connectivity index (χ3n) is 4.00. The molecule has 0 aliphatic carbocycles. The predicted octanol–water partition coefficient (Wildman–Crippen LogP) is 1.63. The first-order chi connectivity index (χ1) is 10.6. The number of nitrogens with one attached hydrogen (secondary N) is 1. The number of anilines is 1. The highest BCUT2D eigenvalue weighted by Gasteiger charge is 2.19. The van der Waals surface area contributed by atoms with E-state index < -0.39 is 4.92 Å². The molecule has 0 bridgehead atoms. The maximum Gasteiger partial charge on any atom is 0.292 e. The molecule has 1 aromatic rings. The minimum absolute atomic E-state index is 0.0976. The van der Waals surface area contributed by atoms with E-state index in [0.717, 1.165) is 25.9 Å². The van der Waals surface area contributed by atoms with Gasteiger partial charge < -0.3 is 15.3 Å². The van der Waals surface area contributed by atoms with Gasteiger partial charge in [0.15, 0.2) is 0 Å². The lowest BCUT2D eigenvalue weighted by atomic mass is 9.98. The third-order valence-corrected chi connectivity index (χ3v) is 4.00. The van der Waals surface area contributed by atoms with Crippen LogP contribution in [0.15, 0.2) is 24.3 Å². The summed E-state index contributed by atoms with van der Waals surface area (Å²) in [6.45, 7) is 2.62. The lowest BCUT2D eigenvalue weighted by Crippen LogP contribution is -2.36. The summed E-state index contributed by atoms with van der Waals surface area (Å²) in [6, 6.07) is 6.12. The fourth-order valence-corrected chi connectivity index (χ4v) is 2.60. The maximum atomic E-state index is 12.0. The number of amides is 1. The van der Waals surface area contributed by atoms with Crippen molar-refractivity contribution in [2.75, 3.05) is 31.6 Å². The molecule has 1 aliphatic rings. The SMILES string of the molecule is O=C(CCN1CCC(CO)CC1)Nc1ccccc1[N+](=O)[O-]. The van der Waals surface area contributed by atoms with Crippen LogP contribution in [-0.2, 0) is 4.79 Å². The number of hydrogen-bond acceptors (Lipinski definition) is 5. The van der Waals surface area contributed by atoms with Gasteiger partial charge in [-0.3, -0.25) is 14.9 Å². The quantitative estimate of drug-likeness (QED) is 0.615. The van der Waals surface area contributed by atoms with E-state index in [1.807, 2.05) is 0 Å². The zero-order chi connectivity index (χ0) is 15.9. The van der Waals surface area contributed by atoms with Gasteiger partial charge in [0.1, 0.15) is 5.69 Å². The molecule has 2 N–H and O–H groups in total. The summed E-state index contributed by atoms with van der Waals surface area (Å²) in [5, 5.41) is 22.6. The van der Waals surface area contributed by atoms with Gasteiger partial charge in [-0.2, -0.15) is 0 Å². The van der Waals surface area contributed by atoms with Crippen molar-refractivity contribution >= 4 is 17.3 Å². The molecule has 1 saturated heterocycles. The van der Waals surface area contributed by atoms with Crippen LogP contribution in [0, 0.1) is 16.0 Å². The molecule has 1 amide bonds. The van der Waals surface area contributed by atoms with Crippen LogP contribution in [0.25, 0.3) is 0 Å². The first kappa shape index (κ1) is 16.4. The lowest BCUT2D eigenvalue weighted by Gasteiger charge is -2.30. The summed E-state index contributed by atoms with van der Waals surface area (Å²) in [6.07, 6.45) is 2.19. The number of hydrogen-bond donors (Lipinski definition) is 2. The van der Waals surface area contributed by atoms with Crippen LogP contribution < -0.4 is 5.32 Å². The Hall–Kier alpha value is -1.99. The molecule has 1 aliphatic heterocycles. The number of nitro groups is 1. The van der Waals surface area contributed by atoms with Crippen LogP contribution in [0.5, 0.6) is 0 Å². The van der Waals surface area contributed by atoms with Crippen molar-refractivity contribution in [1.82, 2.24) is 4.90 Å². The van der Waals surface area contributed by atoms with Gasteiger partial charge in [-0.15, -0.1) is 0 Å². The van der Waals surface area contributed by atoms with Crippen LogP contribution in [0.1, 0.15) is 19.3 Å². The largest absolute Gasteiger partial charge is 0.396 e. The molecule has 7 nitrogen and oxygen atoms in total. The Morgan fingerprint density at radius 1 is 1.36 bits per heavy atom. The minimum Gasteiger partial charge on any atom is -0.396 e. The van der Waals surface area contributed by atoms with E-state index in [9.17, 15) is 14.9 Å². The molecule has 7 heteroatoms. The van der Waals surface area contributed by atoms with Crippen molar-refractivity contribution in [1.29, 1.82) is 0 Å². The van der Waals surface area contributed by atoms with Gasteiger partial charge in [0.05, 0.1) is 4.92 Å². The van der Waals surface area contributed by atoms with Gasteiger partial charge in [0, 0.05) is 25.6 Å². The number of benzene rings is 1. The Morgan fingerprint density at radius 3 is 2.68 bits per heavy atom. The monoisotopic (exact) mass is 307 g/mol. The Balaban J connectivity index is 1.80. The molecule has 2 rings (SSSR count). The normalized spacial score (nSPS) is 16.4. The molecule has 1 aromatic carbocycles. The summed E-state index contributed by atoms with van der Waals surface area (Å²) in [4.78, 5) is 24.5. The minimum atomic E-state index is -0.505. The number of likely N-dealkylation sites (tertiary alicyclic amines) is 1. The molecule has 0 radical (unpaired) electrons. The van der Waals surface area contributed by atoms with Gasteiger partial charge in [-0.1, -0.05) is 12.1 Å². The standard InChI is InChI=1S/C15H21N3O4/c19-11-12-5-8-17(9-6-12)10-7-15(20)16-13-3-1-2-4-14(13)18(21)22/h1-4,12,19H,5-11H2,(H,16,20). The van der Waals surface area contributed by atoms with Crippen LogP contribution >= 0.6 is 0 Å². The van der Waals surface area contributed by atoms with Crippen molar-refractivity contribution in [3.63, 3.8) is 0 Å². The second kappa shape index (κ2) is 7.86. The lowest BCUT2D eigenvalue weighted by molar-refractivity contribution is -0.383. The van der Waals surface area contributed by atoms with Crippen molar-refractivity contribution < 1.29 is 14.8 Å². The van der Waals surface area contributed by atoms with Gasteiger partial charge in [0.2, 0.25) is 5.91 Å². The number of nitro benzene ring substituents is 1. The Bertz CT molecular complexity index is 527. The van der Waals surface area contributed by atoms with Crippen molar-refractivity contribution in [3.8, 4) is 0 Å². The first-order valence-corrected chi connectivity index (χ1v) is 7.46. The highest BCUT2D eigenvalue weighted by molar-refractivity contribution is 5.93. The average molecular weight is 307 g/mol. The van der Waals surface area contributed by atoms with E-state index in [1.165, 1.54) is 12.1 Å². The molecule has 0 unspecified atom stereocenters. The fourth-order valence-electron chi connectivity index (χ4n) is 2.60. The number of aliphatic hydroxyl groups is 1. The van der Waals surface area contributed by atoms with E-state index in [1.54, 1.807) is 12.1 Å². The maximum absolute atomic E-state index is 12.0. The smallest absolute Gasteiger partial charge is 0.292 e. The first-order valence-electron chi connectivity index (χ1n) is 7.46. The van der Waals surface area contributed by atoms with Gasteiger partial charge >= 0.3 is 0 Å². The van der Waals surface area contributed by atoms with E-state index >= 15 is 0 Å². The van der Waals surface area contributed by atoms with Crippen molar-refractivity contribution in [3.05, 3.63) is 34.4 Å². The average Bonchev–Trinajstić information content (AvgIpc) is 2.53. The number of piperidine rings is 1. The summed E-state index contributed by atoms with van der Waals surface area (Å²) in [7, 11) is 0. The van der Waals surface area contributed by atoms with Crippen LogP contribution in [-0.4, -0.2) is 47.1 Å². The second-order valence-corrected chi connectivity index (χ2v) is 5.54. The molecule has 0 saturated carbocycles. The molecule has 0 spiro atoms. The summed E-state index contributed by atoms with van der Waals surface area (Å²) in [5.74, 6) is 0.149. The molecule has 0 atom stereocenters. The van der Waals surface area contributed by atoms with Crippen molar-refractivity contribution in [2.45, 2.75) is 19.3 Å². The van der Waals surface area contributed by atoms with E-state index in [2.05, 4.69) is 10.2 Å². The number of para-hydroxylation sites is 2. The van der Waals surface area contributed by atoms with E-state index in [4.69, 9.17) is 5.11 Å². The second-order valence-electron chi connectivity index (χ2n) is 5.54. The highest BCUT2D eigenvalue weighted by Crippen LogP contribution is 2.23. The topological polar surface area (TPSA) is 95.7 Å². The number of carbonyl (C=O) groups excluding carboxylic acids is 1. The van der Waals surface area contributed by atoms with Crippen LogP contribution in [0.4, 0.5) is 11.4 Å². The molecule has 22 heavy (non-hydrogen) atoms. The third kappa shape index (κ3) is 4.51. The summed E-state index contributed by atoms with van der Waals surface area (Å²) >= 11 is 0. The highest BCUT2D eigenvalue weighted by atomic mass is 16.6. The fraction of sp³-hybridized carbons (Fsp3) is 0.533. The zero-order valence-corrected chi connectivity index (χ0v) is 12.4. The van der Waals surface area contributed by atoms with Gasteiger partial charge in [-0.25, -0.2) is 0 Å². The predicted molar refractivity (Wildman–Crippen MR) is 82.6 cm³/mol. The van der Waals surface area contributed by atoms with Gasteiger partial charge in [-0.05, 0) is 37.9 Å². The number of rotatable bonds is 6. The Kier molecular flexibility index (Phi) is 5.85. The molecule has 120 valence electrons. The van der Waals surface area contributed by atoms with Crippen LogP contribution in [0.3, 0.4) is 0 Å². The summed E-state index contributed by atoms with van der Waals surface area (Å²) < 4.78 is 0. The zero-order valence-electron chi connectivity index (χ0n) is 12.4. The molecule has 1 heterocycles. The van der Waals surface area contributed by atoms with Gasteiger partial charge in [0.25, 0.3) is 5.69 Å². The van der Waals surface area contributed by atoms with E-state index in [-0.39, 0.29) is 23.9 Å². The number of nitrogens with zero attached hydrogens (tertiary/aromatic N) is 2. The van der Waals surface area contributed by atoms with Crippen LogP contribution in [0.2, 0.25) is 0 Å². The molecular weight excluding hydrogens is 286 g/mol.